The molecule has 1 N–H and O–H groups in total. The molecule has 0 radical (unpaired) electrons. The highest BCUT2D eigenvalue weighted by molar-refractivity contribution is 7.89. The lowest BCUT2D eigenvalue weighted by molar-refractivity contribution is 0.0610. The zero-order valence-electron chi connectivity index (χ0n) is 16.5. The van der Waals surface area contributed by atoms with Gasteiger partial charge in [-0.25, -0.2) is 13.2 Å². The predicted molar refractivity (Wildman–Crippen MR) is 110 cm³/mol. The van der Waals surface area contributed by atoms with Crippen LogP contribution in [0.4, 0.5) is 10.5 Å². The second-order valence-corrected chi connectivity index (χ2v) is 9.32. The Bertz CT molecular complexity index is 912. The van der Waals surface area contributed by atoms with Crippen LogP contribution >= 0.6 is 0 Å². The summed E-state index contributed by atoms with van der Waals surface area (Å²) in [6.45, 7) is 6.71. The average molecular weight is 402 g/mol. The molecule has 1 aliphatic heterocycles. The zero-order valence-corrected chi connectivity index (χ0v) is 17.3. The minimum atomic E-state index is -3.70. The lowest BCUT2D eigenvalue weighted by Gasteiger charge is -2.44. The van der Waals surface area contributed by atoms with Gasteiger partial charge >= 0.3 is 6.03 Å². The van der Waals surface area contributed by atoms with Crippen molar-refractivity contribution in [1.82, 2.24) is 9.21 Å². The Labute approximate surface area is 167 Å². The molecule has 1 fully saturated rings. The first-order valence-corrected chi connectivity index (χ1v) is 11.0. The Morgan fingerprint density at radius 2 is 1.68 bits per heavy atom. The fraction of sp³-hybridized carbons (Fsp3) is 0.381. The standard InChI is InChI=1S/C21H27N3O3S/c1-16(2)20-23(21(25)22-18-8-5-4-6-9-18)14-7-15-24(20)28(26,27)19-12-10-17(3)11-13-19/h4-6,8-13,16,20H,7,14-15H2,1-3H3,(H,22,25). The van der Waals surface area contributed by atoms with Gasteiger partial charge in [0.2, 0.25) is 10.0 Å². The number of amides is 2. The number of benzene rings is 2. The van der Waals surface area contributed by atoms with Crippen LogP contribution in [0.5, 0.6) is 0 Å². The maximum absolute atomic E-state index is 13.3. The van der Waals surface area contributed by atoms with E-state index in [2.05, 4.69) is 5.32 Å². The van der Waals surface area contributed by atoms with Crippen molar-refractivity contribution < 1.29 is 13.2 Å². The maximum Gasteiger partial charge on any atom is 0.323 e. The molecule has 1 aliphatic rings. The van der Waals surface area contributed by atoms with Crippen molar-refractivity contribution >= 4 is 21.7 Å². The molecule has 2 aromatic carbocycles. The van der Waals surface area contributed by atoms with Crippen molar-refractivity contribution in [1.29, 1.82) is 0 Å². The number of carbonyl (C=O) groups is 1. The van der Waals surface area contributed by atoms with E-state index in [0.29, 0.717) is 25.2 Å². The molecule has 0 saturated carbocycles. The van der Waals surface area contributed by atoms with Crippen molar-refractivity contribution in [3.05, 3.63) is 60.2 Å². The molecule has 2 aromatic rings. The number of urea groups is 1. The molecule has 7 heteroatoms. The Morgan fingerprint density at radius 3 is 2.29 bits per heavy atom. The topological polar surface area (TPSA) is 69.7 Å². The van der Waals surface area contributed by atoms with Gasteiger partial charge in [0, 0.05) is 18.8 Å². The van der Waals surface area contributed by atoms with Crippen LogP contribution in [0, 0.1) is 12.8 Å². The third kappa shape index (κ3) is 4.20. The van der Waals surface area contributed by atoms with Gasteiger partial charge in [-0.2, -0.15) is 4.31 Å². The molecule has 1 saturated heterocycles. The van der Waals surface area contributed by atoms with E-state index in [1.54, 1.807) is 29.2 Å². The van der Waals surface area contributed by atoms with Crippen LogP contribution in [0.15, 0.2) is 59.5 Å². The fourth-order valence-electron chi connectivity index (χ4n) is 3.56. The van der Waals surface area contributed by atoms with Gasteiger partial charge in [0.1, 0.15) is 6.17 Å². The Morgan fingerprint density at radius 1 is 1.04 bits per heavy atom. The Hall–Kier alpha value is -2.38. The summed E-state index contributed by atoms with van der Waals surface area (Å²) in [5.41, 5.74) is 1.69. The van der Waals surface area contributed by atoms with E-state index in [-0.39, 0.29) is 16.8 Å². The maximum atomic E-state index is 13.3. The predicted octanol–water partition coefficient (Wildman–Crippen LogP) is 3.91. The highest BCUT2D eigenvalue weighted by Crippen LogP contribution is 2.28. The van der Waals surface area contributed by atoms with E-state index >= 15 is 0 Å². The second kappa shape index (κ2) is 8.32. The van der Waals surface area contributed by atoms with Crippen LogP contribution in [0.3, 0.4) is 0 Å². The molecule has 0 aliphatic carbocycles. The highest BCUT2D eigenvalue weighted by Gasteiger charge is 2.41. The monoisotopic (exact) mass is 401 g/mol. The van der Waals surface area contributed by atoms with Crippen LogP contribution < -0.4 is 5.32 Å². The van der Waals surface area contributed by atoms with Crippen molar-refractivity contribution in [3.8, 4) is 0 Å². The van der Waals surface area contributed by atoms with Gasteiger partial charge in [-0.3, -0.25) is 0 Å². The average Bonchev–Trinajstić information content (AvgIpc) is 2.68. The summed E-state index contributed by atoms with van der Waals surface area (Å²) in [5.74, 6) is -0.0537. The van der Waals surface area contributed by atoms with Gasteiger partial charge in [-0.05, 0) is 43.5 Å². The van der Waals surface area contributed by atoms with Gasteiger partial charge in [0.15, 0.2) is 0 Å². The van der Waals surface area contributed by atoms with Crippen LogP contribution in [0.2, 0.25) is 0 Å². The molecule has 1 unspecified atom stereocenters. The second-order valence-electron chi connectivity index (χ2n) is 7.43. The molecular weight excluding hydrogens is 374 g/mol. The smallest absolute Gasteiger partial charge is 0.308 e. The van der Waals surface area contributed by atoms with Gasteiger partial charge in [0.05, 0.1) is 4.90 Å². The molecule has 1 atom stereocenters. The molecule has 150 valence electrons. The van der Waals surface area contributed by atoms with Gasteiger partial charge in [0.25, 0.3) is 0 Å². The number of nitrogens with zero attached hydrogens (tertiary/aromatic N) is 2. The minimum Gasteiger partial charge on any atom is -0.308 e. The quantitative estimate of drug-likeness (QED) is 0.845. The molecule has 0 aromatic heterocycles. The van der Waals surface area contributed by atoms with Crippen LogP contribution in [0.1, 0.15) is 25.8 Å². The molecule has 2 amide bonds. The van der Waals surface area contributed by atoms with E-state index in [1.807, 2.05) is 51.1 Å². The van der Waals surface area contributed by atoms with Crippen molar-refractivity contribution in [2.24, 2.45) is 5.92 Å². The Kier molecular flexibility index (Phi) is 6.05. The van der Waals surface area contributed by atoms with Gasteiger partial charge < -0.3 is 10.2 Å². The number of rotatable bonds is 4. The lowest BCUT2D eigenvalue weighted by atomic mass is 10.1. The van der Waals surface area contributed by atoms with Crippen molar-refractivity contribution in [2.45, 2.75) is 38.3 Å². The van der Waals surface area contributed by atoms with E-state index in [4.69, 9.17) is 0 Å². The number of aryl methyl sites for hydroxylation is 1. The first-order chi connectivity index (χ1) is 13.3. The number of sulfonamides is 1. The number of hydrogen-bond acceptors (Lipinski definition) is 3. The molecule has 1 heterocycles. The summed E-state index contributed by atoms with van der Waals surface area (Å²) >= 11 is 0. The summed E-state index contributed by atoms with van der Waals surface area (Å²) in [6, 6.07) is 15.8. The van der Waals surface area contributed by atoms with Gasteiger partial charge in [-0.1, -0.05) is 49.7 Å². The summed E-state index contributed by atoms with van der Waals surface area (Å²) in [6.07, 6.45) is 0.0556. The largest absolute Gasteiger partial charge is 0.323 e. The number of anilines is 1. The third-order valence-electron chi connectivity index (χ3n) is 4.90. The van der Waals surface area contributed by atoms with Gasteiger partial charge in [-0.15, -0.1) is 0 Å². The fourth-order valence-corrected chi connectivity index (χ4v) is 5.32. The normalized spacial score (nSPS) is 18.3. The summed E-state index contributed by atoms with van der Waals surface area (Å²) in [7, 11) is -3.70. The van der Waals surface area contributed by atoms with E-state index in [1.165, 1.54) is 4.31 Å². The lowest BCUT2D eigenvalue weighted by Crippen LogP contribution is -2.60. The summed E-state index contributed by atoms with van der Waals surface area (Å²) in [5, 5.41) is 2.88. The summed E-state index contributed by atoms with van der Waals surface area (Å²) in [4.78, 5) is 14.8. The summed E-state index contributed by atoms with van der Waals surface area (Å²) < 4.78 is 28.1. The first kappa shape index (κ1) is 20.4. The Balaban J connectivity index is 1.89. The number of carbonyl (C=O) groups excluding carboxylic acids is 1. The number of hydrogen-bond donors (Lipinski definition) is 1. The first-order valence-electron chi connectivity index (χ1n) is 9.52. The van der Waals surface area contributed by atoms with Crippen LogP contribution in [-0.4, -0.2) is 42.9 Å². The molecule has 3 rings (SSSR count). The SMILES string of the molecule is Cc1ccc(S(=O)(=O)N2CCCN(C(=O)Nc3ccccc3)C2C(C)C)cc1. The van der Waals surface area contributed by atoms with E-state index in [0.717, 1.165) is 5.56 Å². The van der Waals surface area contributed by atoms with E-state index in [9.17, 15) is 13.2 Å². The molecular formula is C21H27N3O3S. The minimum absolute atomic E-state index is 0.0537. The molecule has 28 heavy (non-hydrogen) atoms. The molecule has 0 spiro atoms. The molecule has 6 nitrogen and oxygen atoms in total. The number of nitrogens with one attached hydrogen (secondary N) is 1. The van der Waals surface area contributed by atoms with Crippen LogP contribution in [-0.2, 0) is 10.0 Å². The van der Waals surface area contributed by atoms with Crippen molar-refractivity contribution in [3.63, 3.8) is 0 Å². The van der Waals surface area contributed by atoms with Crippen LogP contribution in [0.25, 0.3) is 0 Å². The van der Waals surface area contributed by atoms with Crippen molar-refractivity contribution in [2.75, 3.05) is 18.4 Å². The van der Waals surface area contributed by atoms with E-state index < -0.39 is 16.2 Å². The number of para-hydroxylation sites is 1. The highest BCUT2D eigenvalue weighted by atomic mass is 32.2. The third-order valence-corrected chi connectivity index (χ3v) is 6.79. The molecule has 0 bridgehead atoms. The zero-order chi connectivity index (χ0) is 20.3.